The molecule has 1 aromatic heterocycles. The second-order valence-electron chi connectivity index (χ2n) is 4.63. The van der Waals surface area contributed by atoms with E-state index < -0.39 is 0 Å². The molecular formula is C16H16N4O2. The number of phenols is 1. The quantitative estimate of drug-likeness (QED) is 0.499. The van der Waals surface area contributed by atoms with Gasteiger partial charge in [-0.1, -0.05) is 12.1 Å². The molecule has 22 heavy (non-hydrogen) atoms. The summed E-state index contributed by atoms with van der Waals surface area (Å²) in [5.41, 5.74) is 5.40. The van der Waals surface area contributed by atoms with Crippen LogP contribution in [0.3, 0.4) is 0 Å². The molecule has 1 heterocycles. The number of para-hydroxylation sites is 2. The molecule has 112 valence electrons. The molecule has 0 radical (unpaired) electrons. The van der Waals surface area contributed by atoms with Gasteiger partial charge in [0, 0.05) is 0 Å². The molecule has 0 spiro atoms. The molecule has 0 amide bonds. The van der Waals surface area contributed by atoms with Gasteiger partial charge in [-0.15, -0.1) is 0 Å². The number of hydrazone groups is 1. The maximum Gasteiger partial charge on any atom is 0.222 e. The Hall–Kier alpha value is -3.02. The standard InChI is InChI=1S/C16H16N4O2/c1-2-22-15-8-7-11(9-14(15)21)10-17-20-16-18-12-5-3-4-6-13(12)19-16/h3-10,21H,2H2,1H3,(H2,18,19,20)/b17-10-. The van der Waals surface area contributed by atoms with Crippen LogP contribution in [0.25, 0.3) is 11.0 Å². The molecule has 6 nitrogen and oxygen atoms in total. The van der Waals surface area contributed by atoms with Crippen molar-refractivity contribution in [3.63, 3.8) is 0 Å². The number of nitrogens with one attached hydrogen (secondary N) is 2. The first-order valence-electron chi connectivity index (χ1n) is 6.96. The van der Waals surface area contributed by atoms with E-state index in [0.29, 0.717) is 18.3 Å². The Kier molecular flexibility index (Phi) is 3.91. The normalized spacial score (nSPS) is 11.1. The number of H-pyrrole nitrogens is 1. The minimum Gasteiger partial charge on any atom is -0.504 e. The number of rotatable bonds is 5. The van der Waals surface area contributed by atoms with Crippen molar-refractivity contribution in [3.05, 3.63) is 48.0 Å². The third kappa shape index (κ3) is 3.01. The number of aromatic nitrogens is 2. The maximum absolute atomic E-state index is 9.81. The Morgan fingerprint density at radius 2 is 2.18 bits per heavy atom. The van der Waals surface area contributed by atoms with Crippen LogP contribution >= 0.6 is 0 Å². The zero-order valence-corrected chi connectivity index (χ0v) is 12.1. The van der Waals surface area contributed by atoms with E-state index in [1.807, 2.05) is 37.3 Å². The zero-order valence-electron chi connectivity index (χ0n) is 12.1. The molecule has 2 aromatic carbocycles. The van der Waals surface area contributed by atoms with Crippen molar-refractivity contribution in [2.24, 2.45) is 5.10 Å². The average Bonchev–Trinajstić information content (AvgIpc) is 2.93. The van der Waals surface area contributed by atoms with Gasteiger partial charge in [-0.3, -0.25) is 0 Å². The van der Waals surface area contributed by atoms with Crippen LogP contribution in [0.15, 0.2) is 47.6 Å². The van der Waals surface area contributed by atoms with Gasteiger partial charge in [0.2, 0.25) is 5.95 Å². The molecule has 0 unspecified atom stereocenters. The van der Waals surface area contributed by atoms with Crippen molar-refractivity contribution in [1.29, 1.82) is 0 Å². The third-order valence-electron chi connectivity index (χ3n) is 3.06. The predicted molar refractivity (Wildman–Crippen MR) is 86.6 cm³/mol. The van der Waals surface area contributed by atoms with E-state index in [1.165, 1.54) is 0 Å². The van der Waals surface area contributed by atoms with E-state index in [4.69, 9.17) is 4.74 Å². The second-order valence-corrected chi connectivity index (χ2v) is 4.63. The van der Waals surface area contributed by atoms with Crippen molar-refractivity contribution in [1.82, 2.24) is 9.97 Å². The zero-order chi connectivity index (χ0) is 15.4. The summed E-state index contributed by atoms with van der Waals surface area (Å²) in [5.74, 6) is 1.12. The van der Waals surface area contributed by atoms with Crippen LogP contribution in [0.4, 0.5) is 5.95 Å². The number of nitrogens with zero attached hydrogens (tertiary/aromatic N) is 2. The van der Waals surface area contributed by atoms with Crippen molar-refractivity contribution < 1.29 is 9.84 Å². The van der Waals surface area contributed by atoms with Gasteiger partial charge >= 0.3 is 0 Å². The summed E-state index contributed by atoms with van der Waals surface area (Å²) in [6, 6.07) is 12.9. The largest absolute Gasteiger partial charge is 0.504 e. The van der Waals surface area contributed by atoms with E-state index in [9.17, 15) is 5.11 Å². The topological polar surface area (TPSA) is 82.5 Å². The van der Waals surface area contributed by atoms with Crippen LogP contribution in [0.1, 0.15) is 12.5 Å². The molecule has 0 saturated carbocycles. The molecular weight excluding hydrogens is 280 g/mol. The van der Waals surface area contributed by atoms with Crippen LogP contribution in [-0.2, 0) is 0 Å². The summed E-state index contributed by atoms with van der Waals surface area (Å²) >= 11 is 0. The minimum atomic E-state index is 0.0922. The number of anilines is 1. The fraction of sp³-hybridized carbons (Fsp3) is 0.125. The average molecular weight is 296 g/mol. The van der Waals surface area contributed by atoms with Crippen LogP contribution in [0.5, 0.6) is 11.5 Å². The number of hydrogen-bond donors (Lipinski definition) is 3. The lowest BCUT2D eigenvalue weighted by atomic mass is 10.2. The highest BCUT2D eigenvalue weighted by atomic mass is 16.5. The predicted octanol–water partition coefficient (Wildman–Crippen LogP) is 3.11. The van der Waals surface area contributed by atoms with Gasteiger partial charge < -0.3 is 14.8 Å². The van der Waals surface area contributed by atoms with E-state index in [-0.39, 0.29) is 5.75 Å². The van der Waals surface area contributed by atoms with E-state index in [1.54, 1.807) is 18.3 Å². The number of ether oxygens (including phenoxy) is 1. The van der Waals surface area contributed by atoms with Crippen molar-refractivity contribution in [3.8, 4) is 11.5 Å². The summed E-state index contributed by atoms with van der Waals surface area (Å²) in [7, 11) is 0. The van der Waals surface area contributed by atoms with E-state index in [0.717, 1.165) is 16.6 Å². The molecule has 0 aliphatic heterocycles. The van der Waals surface area contributed by atoms with Crippen LogP contribution < -0.4 is 10.2 Å². The summed E-state index contributed by atoms with van der Waals surface area (Å²) in [6.07, 6.45) is 1.60. The van der Waals surface area contributed by atoms with Gasteiger partial charge in [0.15, 0.2) is 11.5 Å². The first-order chi connectivity index (χ1) is 10.8. The van der Waals surface area contributed by atoms with Gasteiger partial charge in [0.1, 0.15) is 0 Å². The Morgan fingerprint density at radius 1 is 1.32 bits per heavy atom. The highest BCUT2D eigenvalue weighted by Crippen LogP contribution is 2.26. The molecule has 0 saturated heterocycles. The smallest absolute Gasteiger partial charge is 0.222 e. The Morgan fingerprint density at radius 3 is 2.95 bits per heavy atom. The Bertz CT molecular complexity index is 778. The number of fused-ring (bicyclic) bond motifs is 1. The first-order valence-corrected chi connectivity index (χ1v) is 6.96. The molecule has 6 heteroatoms. The molecule has 0 aliphatic rings. The number of benzene rings is 2. The lowest BCUT2D eigenvalue weighted by molar-refractivity contribution is 0.318. The molecule has 3 aromatic rings. The number of aromatic amines is 1. The summed E-state index contributed by atoms with van der Waals surface area (Å²) < 4.78 is 5.27. The Labute approximate surface area is 127 Å². The molecule has 0 fully saturated rings. The van der Waals surface area contributed by atoms with Crippen molar-refractivity contribution in [2.45, 2.75) is 6.92 Å². The number of imidazole rings is 1. The Balaban J connectivity index is 1.70. The van der Waals surface area contributed by atoms with Crippen LogP contribution in [-0.4, -0.2) is 27.9 Å². The molecule has 0 atom stereocenters. The van der Waals surface area contributed by atoms with Gasteiger partial charge in [-0.25, -0.2) is 10.4 Å². The highest BCUT2D eigenvalue weighted by Gasteiger charge is 2.02. The molecule has 0 aliphatic carbocycles. The summed E-state index contributed by atoms with van der Waals surface area (Å²) in [4.78, 5) is 7.46. The lowest BCUT2D eigenvalue weighted by Crippen LogP contribution is -1.94. The fourth-order valence-electron chi connectivity index (χ4n) is 2.07. The van der Waals surface area contributed by atoms with E-state index in [2.05, 4.69) is 20.5 Å². The molecule has 3 N–H and O–H groups in total. The van der Waals surface area contributed by atoms with Crippen molar-refractivity contribution in [2.75, 3.05) is 12.0 Å². The highest BCUT2D eigenvalue weighted by molar-refractivity contribution is 5.82. The van der Waals surface area contributed by atoms with E-state index >= 15 is 0 Å². The van der Waals surface area contributed by atoms with Gasteiger partial charge in [0.25, 0.3) is 0 Å². The van der Waals surface area contributed by atoms with Crippen molar-refractivity contribution >= 4 is 23.2 Å². The number of hydrogen-bond acceptors (Lipinski definition) is 5. The van der Waals surface area contributed by atoms with Gasteiger partial charge in [-0.05, 0) is 42.8 Å². The molecule has 0 bridgehead atoms. The summed E-state index contributed by atoms with van der Waals surface area (Å²) in [6.45, 7) is 2.38. The van der Waals surface area contributed by atoms with Crippen LogP contribution in [0, 0.1) is 0 Å². The fourth-order valence-corrected chi connectivity index (χ4v) is 2.07. The minimum absolute atomic E-state index is 0.0922. The number of phenolic OH excluding ortho intramolecular Hbond substituents is 1. The summed E-state index contributed by atoms with van der Waals surface area (Å²) in [5, 5.41) is 13.9. The number of aromatic hydroxyl groups is 1. The lowest BCUT2D eigenvalue weighted by Gasteiger charge is -2.05. The monoisotopic (exact) mass is 296 g/mol. The third-order valence-corrected chi connectivity index (χ3v) is 3.06. The first kappa shape index (κ1) is 13.9. The van der Waals surface area contributed by atoms with Crippen LogP contribution in [0.2, 0.25) is 0 Å². The maximum atomic E-state index is 9.81. The van der Waals surface area contributed by atoms with Gasteiger partial charge in [0.05, 0.1) is 23.9 Å². The second kappa shape index (κ2) is 6.17. The SMILES string of the molecule is CCOc1ccc(/C=N\Nc2nc3ccccc3[nH]2)cc1O. The van der Waals surface area contributed by atoms with Gasteiger partial charge in [-0.2, -0.15) is 5.10 Å². The molecule has 3 rings (SSSR count).